The van der Waals surface area contributed by atoms with E-state index in [1.54, 1.807) is 30.6 Å². The Labute approximate surface area is 528 Å². The third-order valence-corrected chi connectivity index (χ3v) is 21.2. The second-order valence-corrected chi connectivity index (χ2v) is 34.1. The molecule has 9 N–H and O–H groups in total. The summed E-state index contributed by atoms with van der Waals surface area (Å²) in [6.07, 6.45) is 3.68. The van der Waals surface area contributed by atoms with Crippen molar-refractivity contribution in [3.8, 4) is 0 Å². The number of nitrogens with zero attached hydrogens (tertiary/aromatic N) is 3. The van der Waals surface area contributed by atoms with Crippen LogP contribution in [0.15, 0.2) is 0 Å². The largest absolute Gasteiger partial charge is 0.467 e. The van der Waals surface area contributed by atoms with Crippen molar-refractivity contribution < 1.29 is 61.7 Å². The quantitative estimate of drug-likeness (QED) is 0.0666. The second kappa shape index (κ2) is 28.4. The molecule has 0 radical (unpaired) electrons. The highest BCUT2D eigenvalue weighted by Gasteiger charge is 2.71. The number of nitrogens with one attached hydrogen (secondary N) is 7. The summed E-state index contributed by atoms with van der Waals surface area (Å²) in [5.74, 6) is -2.77. The van der Waals surface area contributed by atoms with Gasteiger partial charge in [0.1, 0.15) is 24.2 Å². The smallest absolute Gasteiger partial charge is 0.336 e. The molecule has 8 unspecified atom stereocenters. The van der Waals surface area contributed by atoms with Crippen molar-refractivity contribution in [1.29, 1.82) is 0 Å². The van der Waals surface area contributed by atoms with Crippen LogP contribution in [-0.4, -0.2) is 185 Å². The van der Waals surface area contributed by atoms with Crippen LogP contribution in [0.25, 0.3) is 0 Å². The van der Waals surface area contributed by atoms with E-state index in [0.29, 0.717) is 31.8 Å². The average Bonchev–Trinajstić information content (AvgIpc) is 1.54. The van der Waals surface area contributed by atoms with E-state index in [4.69, 9.17) is 4.74 Å². The Morgan fingerprint density at radius 2 is 0.943 bits per heavy atom. The van der Waals surface area contributed by atoms with Gasteiger partial charge in [0.25, 0.3) is 5.91 Å². The molecule has 0 aromatic heterocycles. The minimum atomic E-state index is -3.67. The molecule has 88 heavy (non-hydrogen) atoms. The number of urea groups is 2. The van der Waals surface area contributed by atoms with E-state index in [1.165, 1.54) is 18.5 Å². The summed E-state index contributed by atoms with van der Waals surface area (Å²) in [6.45, 7) is 36.6. The summed E-state index contributed by atoms with van der Waals surface area (Å²) >= 11 is 0. The number of aliphatic hydroxyl groups excluding tert-OH is 2. The zero-order valence-corrected chi connectivity index (χ0v) is 56.5. The summed E-state index contributed by atoms with van der Waals surface area (Å²) in [5, 5.41) is 41.7. The first-order chi connectivity index (χ1) is 39.1. The Balaban J connectivity index is 0.000000461. The Kier molecular flexibility index (Phi) is 25.0. The molecule has 2 aliphatic heterocycles. The van der Waals surface area contributed by atoms with E-state index in [2.05, 4.69) is 64.9 Å². The van der Waals surface area contributed by atoms with Crippen molar-refractivity contribution >= 4 is 57.6 Å². The van der Waals surface area contributed by atoms with Gasteiger partial charge in [0, 0.05) is 43.3 Å². The fraction of sp³-hybridized carbons (Fsp3) is 0.875. The zero-order chi connectivity index (χ0) is 65.6. The third kappa shape index (κ3) is 18.9. The molecule has 2 heterocycles. The molecule has 23 nitrogen and oxygen atoms in total. The van der Waals surface area contributed by atoms with E-state index in [0.717, 1.165) is 38.5 Å². The first-order valence-electron chi connectivity index (χ1n) is 31.1. The van der Waals surface area contributed by atoms with Crippen molar-refractivity contribution in [1.82, 2.24) is 51.3 Å². The predicted molar refractivity (Wildman–Crippen MR) is 341 cm³/mol. The maximum Gasteiger partial charge on any atom is 0.336 e. The van der Waals surface area contributed by atoms with Gasteiger partial charge < -0.3 is 62.0 Å². The lowest BCUT2D eigenvalue weighted by Gasteiger charge is -2.39. The Hall–Kier alpha value is -4.81. The molecule has 6 aliphatic rings. The molecular weight excluding hydrogens is 1150 g/mol. The Morgan fingerprint density at radius 1 is 0.591 bits per heavy atom. The normalized spacial score (nSPS) is 25.0. The van der Waals surface area contributed by atoms with E-state index in [9.17, 15) is 57.0 Å². The number of carbonyl (C=O) groups excluding carboxylic acids is 8. The lowest BCUT2D eigenvalue weighted by atomic mass is 9.79. The number of piperidine rings is 2. The molecule has 0 spiro atoms. The summed E-state index contributed by atoms with van der Waals surface area (Å²) in [6, 6.07) is -6.01. The molecule has 2 saturated heterocycles. The number of esters is 1. The standard InChI is InChI=1S/C34H62N6O7S.C28H48N4O6.2CH4/c1-31(2,3)26(37-30(45)38-32(4,5)6)29(44)40-19-21-23(34(21,10)11)24(40)27(42)36-22(18-20-14-13-15-20)25(41)28(43)35-16-17-48(46,47)39(12)33(7,8)9;1-26(2,3)21(30-25(37)31-27(4,5)6)23(35)32-14-16-18(28(16,7)8)19(32)22(34)29-17(13-15-11-10-12-15)20(33)24(36)38-9;;/h20-26,41H,13-19H2,1-12H3,(H,35,43)(H,36,42)(H2,37,38,45);15-21,33H,10-14H2,1-9H3,(H,29,34)(H2,30,31,37);2*1H4/t21?,22?,23?,24-,25?,26+;16?,17?,18?,19-,20?,21+;;/m00../s1. The molecule has 6 fully saturated rings. The fourth-order valence-electron chi connectivity index (χ4n) is 12.9. The fourth-order valence-corrected chi connectivity index (χ4v) is 14.4. The van der Waals surface area contributed by atoms with Crippen molar-refractivity contribution in [2.24, 2.45) is 57.2 Å². The number of hydrogen-bond acceptors (Lipinski definition) is 13. The van der Waals surface area contributed by atoms with Gasteiger partial charge in [-0.25, -0.2) is 22.8 Å². The molecule has 24 heteroatoms. The number of sulfonamides is 1. The molecule has 0 aromatic carbocycles. The molecule has 0 aromatic rings. The lowest BCUT2D eigenvalue weighted by Crippen LogP contribution is -2.62. The third-order valence-electron chi connectivity index (χ3n) is 19.0. The number of aliphatic hydroxyl groups is 2. The summed E-state index contributed by atoms with van der Waals surface area (Å²) in [4.78, 5) is 110. The highest BCUT2D eigenvalue weighted by molar-refractivity contribution is 7.89. The van der Waals surface area contributed by atoms with Crippen LogP contribution in [0.4, 0.5) is 9.59 Å². The van der Waals surface area contributed by atoms with Crippen LogP contribution in [0.1, 0.15) is 198 Å². The van der Waals surface area contributed by atoms with Crippen LogP contribution >= 0.6 is 0 Å². The highest BCUT2D eigenvalue weighted by Crippen LogP contribution is 2.66. The number of carbonyl (C=O) groups is 8. The lowest BCUT2D eigenvalue weighted by molar-refractivity contribution is -0.153. The van der Waals surface area contributed by atoms with Crippen molar-refractivity contribution in [3.05, 3.63) is 0 Å². The predicted octanol–water partition coefficient (Wildman–Crippen LogP) is 5.66. The van der Waals surface area contributed by atoms with E-state index >= 15 is 0 Å². The molecule has 0 bridgehead atoms. The summed E-state index contributed by atoms with van der Waals surface area (Å²) < 4.78 is 31.5. The monoisotopic (exact) mass is 1270 g/mol. The van der Waals surface area contributed by atoms with Crippen LogP contribution in [0, 0.1) is 57.2 Å². The van der Waals surface area contributed by atoms with Crippen LogP contribution < -0.4 is 37.2 Å². The molecule has 4 aliphatic carbocycles. The number of ether oxygens (including phenoxy) is 1. The van der Waals surface area contributed by atoms with Crippen molar-refractivity contribution in [3.63, 3.8) is 0 Å². The van der Waals surface area contributed by atoms with Crippen LogP contribution in [0.2, 0.25) is 0 Å². The maximum atomic E-state index is 14.2. The van der Waals surface area contributed by atoms with E-state index in [1.807, 2.05) is 83.1 Å². The van der Waals surface area contributed by atoms with E-state index < -0.39 is 116 Å². The van der Waals surface area contributed by atoms with Gasteiger partial charge in [-0.05, 0) is 132 Å². The Morgan fingerprint density at radius 3 is 1.24 bits per heavy atom. The highest BCUT2D eigenvalue weighted by atomic mass is 32.2. The SMILES string of the molecule is C.C.CN(C(C)(C)C)S(=O)(=O)CCNC(=O)C(O)C(CC1CCC1)NC(=O)[C@@H]1C2C(CN1C(=O)[C@@H](NC(=O)NC(C)(C)C)C(C)(C)C)C2(C)C.COC(=O)C(O)C(CC1CCC1)NC(=O)[C@@H]1C2C(CN1C(=O)[C@@H](NC(=O)NC(C)(C)C)C(C)(C)C)C2(C)C. The van der Waals surface area contributed by atoms with Crippen molar-refractivity contribution in [2.45, 2.75) is 263 Å². The number of likely N-dealkylation sites (tertiary alicyclic amines) is 2. The molecular formula is C64H118N10O13S. The minimum absolute atomic E-state index is 0. The van der Waals surface area contributed by atoms with Gasteiger partial charge in [-0.2, -0.15) is 4.31 Å². The first kappa shape index (κ1) is 77.4. The van der Waals surface area contributed by atoms with Gasteiger partial charge in [0.2, 0.25) is 33.7 Å². The van der Waals surface area contributed by atoms with Gasteiger partial charge >= 0.3 is 18.0 Å². The summed E-state index contributed by atoms with van der Waals surface area (Å²) in [7, 11) is -0.974. The number of rotatable bonds is 20. The number of hydrogen-bond donors (Lipinski definition) is 9. The first-order valence-corrected chi connectivity index (χ1v) is 32.7. The maximum absolute atomic E-state index is 14.2. The molecule has 12 atom stereocenters. The summed E-state index contributed by atoms with van der Waals surface area (Å²) in [5.41, 5.74) is -3.19. The minimum Gasteiger partial charge on any atom is -0.467 e. The molecule has 9 amide bonds. The van der Waals surface area contributed by atoms with Crippen LogP contribution in [0.3, 0.4) is 0 Å². The second-order valence-electron chi connectivity index (χ2n) is 32.0. The zero-order valence-electron chi connectivity index (χ0n) is 55.7. The molecule has 4 saturated carbocycles. The van der Waals surface area contributed by atoms with Gasteiger partial charge in [-0.3, -0.25) is 24.0 Å². The van der Waals surface area contributed by atoms with Gasteiger partial charge in [-0.15, -0.1) is 0 Å². The molecule has 508 valence electrons. The van der Waals surface area contributed by atoms with Gasteiger partial charge in [0.05, 0.1) is 24.9 Å². The number of fused-ring (bicyclic) bond motifs is 2. The van der Waals surface area contributed by atoms with Crippen LogP contribution in [0.5, 0.6) is 0 Å². The van der Waals surface area contributed by atoms with E-state index in [-0.39, 0.29) is 85.3 Å². The number of amides is 9. The topological polar surface area (TPSA) is 314 Å². The Bertz CT molecular complexity index is 2610. The molecule has 6 rings (SSSR count). The van der Waals surface area contributed by atoms with Gasteiger partial charge in [0.15, 0.2) is 12.2 Å². The van der Waals surface area contributed by atoms with Crippen LogP contribution in [-0.2, 0) is 43.5 Å². The van der Waals surface area contributed by atoms with Gasteiger partial charge in [-0.1, -0.05) is 123 Å². The average molecular weight is 1270 g/mol. The van der Waals surface area contributed by atoms with Crippen molar-refractivity contribution in [2.75, 3.05) is 39.5 Å². The number of methoxy groups -OCH3 is 1.